The molecule has 0 radical (unpaired) electrons. The van der Waals surface area contributed by atoms with E-state index in [1.807, 2.05) is 0 Å². The van der Waals surface area contributed by atoms with Crippen molar-refractivity contribution < 1.29 is 28.6 Å². The lowest BCUT2D eigenvalue weighted by atomic mass is 9.93. The van der Waals surface area contributed by atoms with Crippen molar-refractivity contribution in [2.24, 2.45) is 11.5 Å². The van der Waals surface area contributed by atoms with Crippen molar-refractivity contribution in [3.63, 3.8) is 0 Å². The molecule has 0 aromatic rings. The van der Waals surface area contributed by atoms with Crippen molar-refractivity contribution >= 4 is 18.2 Å². The average Bonchev–Trinajstić information content (AvgIpc) is 2.63. The summed E-state index contributed by atoms with van der Waals surface area (Å²) in [6.45, 7) is 4.90. The quantitative estimate of drug-likeness (QED) is 0.344. The molecule has 2 amide bonds. The highest BCUT2D eigenvalue weighted by molar-refractivity contribution is 5.87. The van der Waals surface area contributed by atoms with Crippen LogP contribution in [-0.2, 0) is 19.0 Å². The molecule has 1 rings (SSSR count). The van der Waals surface area contributed by atoms with Crippen LogP contribution in [0.5, 0.6) is 0 Å². The number of nitrogens with two attached hydrogens (primary N) is 2. The smallest absolute Gasteiger partial charge is 0.407 e. The fourth-order valence-electron chi connectivity index (χ4n) is 2.46. The molecule has 124 valence electrons. The Morgan fingerprint density at radius 2 is 1.55 bits per heavy atom. The fraction of sp³-hybridized carbons (Fsp3) is 0.643. The Bertz CT molecular complexity index is 454. The SMILES string of the molecule is C=C(C)C(=O)OC(OC(N)=O)C1(OC(N)=O)CCCCCC1. The van der Waals surface area contributed by atoms with E-state index in [1.54, 1.807) is 0 Å². The van der Waals surface area contributed by atoms with Gasteiger partial charge in [-0.3, -0.25) is 0 Å². The van der Waals surface area contributed by atoms with E-state index in [4.69, 9.17) is 25.7 Å². The second kappa shape index (κ2) is 7.67. The monoisotopic (exact) mass is 314 g/mol. The summed E-state index contributed by atoms with van der Waals surface area (Å²) in [7, 11) is 0. The molecule has 1 aliphatic carbocycles. The summed E-state index contributed by atoms with van der Waals surface area (Å²) in [5.74, 6) is -0.775. The maximum Gasteiger partial charge on any atom is 0.407 e. The van der Waals surface area contributed by atoms with Gasteiger partial charge < -0.3 is 25.7 Å². The standard InChI is InChI=1S/C14H22N2O6/c1-9(2)10(17)20-11(21-12(15)18)14(22-13(16)19)7-5-3-4-6-8-14/h11H,1,3-8H2,2H3,(H2,15,18)(H2,16,19). The number of hydrogen-bond donors (Lipinski definition) is 2. The molecule has 0 aliphatic heterocycles. The van der Waals surface area contributed by atoms with Crippen LogP contribution in [0.25, 0.3) is 0 Å². The first-order chi connectivity index (χ1) is 10.3. The molecular weight excluding hydrogens is 292 g/mol. The summed E-state index contributed by atoms with van der Waals surface area (Å²) in [6.07, 6.45) is 0.299. The largest absolute Gasteiger partial charge is 0.435 e. The third-order valence-electron chi connectivity index (χ3n) is 3.47. The molecule has 1 fully saturated rings. The van der Waals surface area contributed by atoms with Gasteiger partial charge in [-0.05, 0) is 32.6 Å². The number of carbonyl (C=O) groups is 3. The molecule has 0 heterocycles. The Hall–Kier alpha value is -2.25. The van der Waals surface area contributed by atoms with E-state index in [0.717, 1.165) is 12.8 Å². The van der Waals surface area contributed by atoms with E-state index in [1.165, 1.54) is 6.92 Å². The van der Waals surface area contributed by atoms with Crippen LogP contribution in [0.1, 0.15) is 45.4 Å². The number of carbonyl (C=O) groups excluding carboxylic acids is 3. The summed E-state index contributed by atoms with van der Waals surface area (Å²) in [5.41, 5.74) is 8.94. The van der Waals surface area contributed by atoms with Crippen LogP contribution in [0.15, 0.2) is 12.2 Å². The summed E-state index contributed by atoms with van der Waals surface area (Å²) in [4.78, 5) is 34.2. The zero-order valence-corrected chi connectivity index (χ0v) is 12.6. The molecule has 1 unspecified atom stereocenters. The Labute approximate surface area is 128 Å². The van der Waals surface area contributed by atoms with Crippen LogP contribution in [0.4, 0.5) is 9.59 Å². The Kier molecular flexibility index (Phi) is 6.21. The zero-order chi connectivity index (χ0) is 16.8. The number of hydrogen-bond acceptors (Lipinski definition) is 6. The molecule has 8 nitrogen and oxygen atoms in total. The molecule has 4 N–H and O–H groups in total. The van der Waals surface area contributed by atoms with Crippen LogP contribution in [0.2, 0.25) is 0 Å². The number of ether oxygens (including phenoxy) is 3. The number of esters is 1. The summed E-state index contributed by atoms with van der Waals surface area (Å²) in [6, 6.07) is 0. The molecule has 0 saturated heterocycles. The van der Waals surface area contributed by atoms with Gasteiger partial charge in [0.1, 0.15) is 0 Å². The third kappa shape index (κ3) is 4.94. The minimum Gasteiger partial charge on any atom is -0.435 e. The van der Waals surface area contributed by atoms with Gasteiger partial charge in [-0.25, -0.2) is 14.4 Å². The third-order valence-corrected chi connectivity index (χ3v) is 3.47. The first-order valence-electron chi connectivity index (χ1n) is 7.08. The summed E-state index contributed by atoms with van der Waals surface area (Å²) < 4.78 is 15.2. The second-order valence-corrected chi connectivity index (χ2v) is 5.35. The summed E-state index contributed by atoms with van der Waals surface area (Å²) >= 11 is 0. The predicted octanol–water partition coefficient (Wildman–Crippen LogP) is 1.72. The van der Waals surface area contributed by atoms with Gasteiger partial charge in [-0.2, -0.15) is 0 Å². The highest BCUT2D eigenvalue weighted by atomic mass is 16.7. The van der Waals surface area contributed by atoms with Crippen LogP contribution in [-0.4, -0.2) is 30.0 Å². The molecule has 22 heavy (non-hydrogen) atoms. The molecule has 0 bridgehead atoms. The topological polar surface area (TPSA) is 131 Å². The normalized spacial score (nSPS) is 18.4. The maximum atomic E-state index is 11.8. The molecular formula is C14H22N2O6. The van der Waals surface area contributed by atoms with Crippen molar-refractivity contribution in [1.82, 2.24) is 0 Å². The van der Waals surface area contributed by atoms with Gasteiger partial charge in [0.15, 0.2) is 5.60 Å². The first kappa shape index (κ1) is 17.8. The average molecular weight is 314 g/mol. The van der Waals surface area contributed by atoms with E-state index in [0.29, 0.717) is 25.7 Å². The van der Waals surface area contributed by atoms with Crippen molar-refractivity contribution in [2.75, 3.05) is 0 Å². The second-order valence-electron chi connectivity index (χ2n) is 5.35. The maximum absolute atomic E-state index is 11.8. The van der Waals surface area contributed by atoms with Crippen LogP contribution >= 0.6 is 0 Å². The highest BCUT2D eigenvalue weighted by Gasteiger charge is 2.47. The van der Waals surface area contributed by atoms with Crippen molar-refractivity contribution in [3.8, 4) is 0 Å². The Morgan fingerprint density at radius 1 is 1.00 bits per heavy atom. The lowest BCUT2D eigenvalue weighted by molar-refractivity contribution is -0.212. The molecule has 0 spiro atoms. The minimum atomic E-state index is -1.46. The molecule has 1 saturated carbocycles. The molecule has 1 atom stereocenters. The van der Waals surface area contributed by atoms with Gasteiger partial charge >= 0.3 is 18.2 Å². The molecule has 0 aromatic heterocycles. The van der Waals surface area contributed by atoms with E-state index >= 15 is 0 Å². The molecule has 8 heteroatoms. The van der Waals surface area contributed by atoms with Crippen LogP contribution in [0.3, 0.4) is 0 Å². The van der Waals surface area contributed by atoms with Crippen molar-refractivity contribution in [1.29, 1.82) is 0 Å². The van der Waals surface area contributed by atoms with Gasteiger partial charge in [0.2, 0.25) is 0 Å². The van der Waals surface area contributed by atoms with Gasteiger partial charge in [0.25, 0.3) is 6.29 Å². The van der Waals surface area contributed by atoms with E-state index in [-0.39, 0.29) is 5.57 Å². The van der Waals surface area contributed by atoms with Crippen LogP contribution < -0.4 is 11.5 Å². The van der Waals surface area contributed by atoms with Gasteiger partial charge in [-0.15, -0.1) is 0 Å². The fourth-order valence-corrected chi connectivity index (χ4v) is 2.46. The van der Waals surface area contributed by atoms with Gasteiger partial charge in [0, 0.05) is 5.57 Å². The Morgan fingerprint density at radius 3 is 1.95 bits per heavy atom. The van der Waals surface area contributed by atoms with Crippen molar-refractivity contribution in [2.45, 2.75) is 57.3 Å². The zero-order valence-electron chi connectivity index (χ0n) is 12.6. The van der Waals surface area contributed by atoms with E-state index < -0.39 is 30.0 Å². The van der Waals surface area contributed by atoms with E-state index in [2.05, 4.69) is 6.58 Å². The van der Waals surface area contributed by atoms with Gasteiger partial charge in [-0.1, -0.05) is 19.4 Å². The number of amides is 2. The lowest BCUT2D eigenvalue weighted by Gasteiger charge is -2.36. The molecule has 0 aromatic carbocycles. The highest BCUT2D eigenvalue weighted by Crippen LogP contribution is 2.36. The van der Waals surface area contributed by atoms with Crippen LogP contribution in [0, 0.1) is 0 Å². The lowest BCUT2D eigenvalue weighted by Crippen LogP contribution is -2.52. The van der Waals surface area contributed by atoms with E-state index in [9.17, 15) is 14.4 Å². The van der Waals surface area contributed by atoms with Gasteiger partial charge in [0.05, 0.1) is 0 Å². The minimum absolute atomic E-state index is 0.112. The first-order valence-corrected chi connectivity index (χ1v) is 7.08. The number of rotatable bonds is 5. The number of primary amides is 2. The molecule has 1 aliphatic rings. The predicted molar refractivity (Wildman–Crippen MR) is 76.5 cm³/mol. The Balaban J connectivity index is 3.09. The van der Waals surface area contributed by atoms with Crippen molar-refractivity contribution in [3.05, 3.63) is 12.2 Å². The summed E-state index contributed by atoms with van der Waals surface area (Å²) in [5, 5.41) is 0.